The van der Waals surface area contributed by atoms with Crippen LogP contribution in [-0.4, -0.2) is 41.6 Å². The monoisotopic (exact) mass is 281 g/mol. The van der Waals surface area contributed by atoms with Crippen molar-refractivity contribution in [2.75, 3.05) is 19.8 Å². The number of nitrogens with one attached hydrogen (secondary N) is 1. The zero-order chi connectivity index (χ0) is 15.3. The van der Waals surface area contributed by atoms with Crippen molar-refractivity contribution in [2.45, 2.75) is 46.3 Å². The lowest BCUT2D eigenvalue weighted by Gasteiger charge is -2.25. The van der Waals surface area contributed by atoms with Gasteiger partial charge in [0.1, 0.15) is 18.5 Å². The number of ether oxygens (including phenoxy) is 1. The van der Waals surface area contributed by atoms with Crippen molar-refractivity contribution in [3.63, 3.8) is 0 Å². The summed E-state index contributed by atoms with van der Waals surface area (Å²) in [6, 6.07) is 4.10. The minimum Gasteiger partial charge on any atom is -0.491 e. The summed E-state index contributed by atoms with van der Waals surface area (Å²) < 4.78 is 5.71. The van der Waals surface area contributed by atoms with Gasteiger partial charge in [-0.2, -0.15) is 0 Å². The molecule has 4 nitrogen and oxygen atoms in total. The van der Waals surface area contributed by atoms with E-state index in [2.05, 4.69) is 18.3 Å². The van der Waals surface area contributed by atoms with E-state index in [-0.39, 0.29) is 13.2 Å². The molecule has 114 valence electrons. The first kappa shape index (κ1) is 17.0. The largest absolute Gasteiger partial charge is 0.491 e. The van der Waals surface area contributed by atoms with Crippen LogP contribution in [0.1, 0.15) is 30.5 Å². The molecule has 0 aromatic heterocycles. The lowest BCUT2D eigenvalue weighted by Crippen LogP contribution is -2.47. The van der Waals surface area contributed by atoms with E-state index in [1.807, 2.05) is 33.8 Å². The first-order chi connectivity index (χ1) is 9.25. The van der Waals surface area contributed by atoms with Gasteiger partial charge in [0.15, 0.2) is 0 Å². The molecule has 0 spiro atoms. The Bertz CT molecular complexity index is 444. The molecule has 0 aliphatic heterocycles. The quantitative estimate of drug-likeness (QED) is 0.712. The molecule has 0 unspecified atom stereocenters. The molecule has 1 aromatic rings. The first-order valence-corrected chi connectivity index (χ1v) is 7.00. The molecule has 3 N–H and O–H groups in total. The molecule has 0 radical (unpaired) electrons. The number of hydrogen-bond acceptors (Lipinski definition) is 4. The lowest BCUT2D eigenvalue weighted by atomic mass is 10.1. The highest BCUT2D eigenvalue weighted by Gasteiger charge is 2.17. The summed E-state index contributed by atoms with van der Waals surface area (Å²) in [6.45, 7) is 10.5. The summed E-state index contributed by atoms with van der Waals surface area (Å²) in [7, 11) is 0. The van der Waals surface area contributed by atoms with Crippen LogP contribution in [0.3, 0.4) is 0 Å². The number of hydrogen-bond donors (Lipinski definition) is 3. The van der Waals surface area contributed by atoms with Crippen LogP contribution in [0.25, 0.3) is 0 Å². The number of aliphatic hydroxyl groups is 2. The number of aryl methyl sites for hydroxylation is 2. The van der Waals surface area contributed by atoms with Crippen molar-refractivity contribution in [3.8, 4) is 5.75 Å². The minimum atomic E-state index is -0.610. The van der Waals surface area contributed by atoms with Crippen LogP contribution < -0.4 is 10.1 Å². The smallest absolute Gasteiger partial charge is 0.122 e. The third-order valence-electron chi connectivity index (χ3n) is 3.41. The predicted octanol–water partition coefficient (Wildman–Crippen LogP) is 1.71. The molecule has 0 saturated carbocycles. The standard InChI is InChI=1S/C16H27NO3/c1-11-6-12(2)13(3)15(7-11)20-9-14(19)8-17-16(4,5)10-18/h6-7,14,17-19H,8-10H2,1-5H3/t14-/m1/s1. The maximum Gasteiger partial charge on any atom is 0.122 e. The Hall–Kier alpha value is -1.10. The van der Waals surface area contributed by atoms with Gasteiger partial charge in [-0.05, 0) is 57.4 Å². The van der Waals surface area contributed by atoms with Crippen LogP contribution >= 0.6 is 0 Å². The highest BCUT2D eigenvalue weighted by Crippen LogP contribution is 2.23. The van der Waals surface area contributed by atoms with Crippen LogP contribution in [0.2, 0.25) is 0 Å². The van der Waals surface area contributed by atoms with Gasteiger partial charge >= 0.3 is 0 Å². The molecule has 4 heteroatoms. The van der Waals surface area contributed by atoms with E-state index in [9.17, 15) is 5.11 Å². The van der Waals surface area contributed by atoms with Gasteiger partial charge in [0.25, 0.3) is 0 Å². The Morgan fingerprint density at radius 2 is 1.90 bits per heavy atom. The summed E-state index contributed by atoms with van der Waals surface area (Å²) in [6.07, 6.45) is -0.610. The van der Waals surface area contributed by atoms with Crippen molar-refractivity contribution >= 4 is 0 Å². The highest BCUT2D eigenvalue weighted by molar-refractivity contribution is 5.41. The van der Waals surface area contributed by atoms with Gasteiger partial charge < -0.3 is 20.3 Å². The number of rotatable bonds is 7. The SMILES string of the molecule is Cc1cc(C)c(C)c(OC[C@H](O)CNC(C)(C)CO)c1. The summed E-state index contributed by atoms with van der Waals surface area (Å²) in [5, 5.41) is 22.2. The van der Waals surface area contributed by atoms with Crippen molar-refractivity contribution in [1.82, 2.24) is 5.32 Å². The molecular weight excluding hydrogens is 254 g/mol. The molecule has 0 aliphatic carbocycles. The van der Waals surface area contributed by atoms with Crippen LogP contribution in [-0.2, 0) is 0 Å². The Labute approximate surface area is 121 Å². The van der Waals surface area contributed by atoms with E-state index in [1.165, 1.54) is 5.56 Å². The average molecular weight is 281 g/mol. The molecule has 0 bridgehead atoms. The van der Waals surface area contributed by atoms with E-state index >= 15 is 0 Å². The molecule has 1 atom stereocenters. The zero-order valence-electron chi connectivity index (χ0n) is 13.2. The highest BCUT2D eigenvalue weighted by atomic mass is 16.5. The van der Waals surface area contributed by atoms with Gasteiger partial charge in [-0.1, -0.05) is 6.07 Å². The maximum atomic E-state index is 9.93. The van der Waals surface area contributed by atoms with Crippen molar-refractivity contribution in [2.24, 2.45) is 0 Å². The van der Waals surface area contributed by atoms with Gasteiger partial charge in [-0.3, -0.25) is 0 Å². The zero-order valence-corrected chi connectivity index (χ0v) is 13.2. The van der Waals surface area contributed by atoms with Gasteiger partial charge in [-0.25, -0.2) is 0 Å². The summed E-state index contributed by atoms with van der Waals surface area (Å²) >= 11 is 0. The molecule has 20 heavy (non-hydrogen) atoms. The molecular formula is C16H27NO3. The molecule has 1 aromatic carbocycles. The van der Waals surface area contributed by atoms with E-state index in [0.29, 0.717) is 6.54 Å². The topological polar surface area (TPSA) is 61.7 Å². The number of benzene rings is 1. The molecule has 0 fully saturated rings. The maximum absolute atomic E-state index is 9.93. The van der Waals surface area contributed by atoms with E-state index in [0.717, 1.165) is 16.9 Å². The van der Waals surface area contributed by atoms with Crippen LogP contribution in [0.15, 0.2) is 12.1 Å². The minimum absolute atomic E-state index is 0.0246. The van der Waals surface area contributed by atoms with Crippen molar-refractivity contribution in [1.29, 1.82) is 0 Å². The lowest BCUT2D eigenvalue weighted by molar-refractivity contribution is 0.0903. The van der Waals surface area contributed by atoms with Crippen LogP contribution in [0.5, 0.6) is 5.75 Å². The van der Waals surface area contributed by atoms with Crippen molar-refractivity contribution < 1.29 is 14.9 Å². The fourth-order valence-electron chi connectivity index (χ4n) is 1.85. The average Bonchev–Trinajstić information content (AvgIpc) is 2.39. The number of aliphatic hydroxyl groups excluding tert-OH is 2. The Morgan fingerprint density at radius 3 is 2.50 bits per heavy atom. The van der Waals surface area contributed by atoms with E-state index in [1.54, 1.807) is 0 Å². The molecule has 0 heterocycles. The van der Waals surface area contributed by atoms with Crippen LogP contribution in [0.4, 0.5) is 0 Å². The summed E-state index contributed by atoms with van der Waals surface area (Å²) in [5.41, 5.74) is 3.05. The second-order valence-electron chi connectivity index (χ2n) is 6.09. The number of β-amino-alcohol motifs (C(OH)–C–C–N with tert-alkyl or cyclic N) is 1. The fourth-order valence-corrected chi connectivity index (χ4v) is 1.85. The third kappa shape index (κ3) is 5.12. The second kappa shape index (κ2) is 7.07. The van der Waals surface area contributed by atoms with Gasteiger partial charge in [0, 0.05) is 12.1 Å². The molecule has 1 rings (SSSR count). The normalized spacial score (nSPS) is 13.3. The van der Waals surface area contributed by atoms with E-state index in [4.69, 9.17) is 9.84 Å². The Kier molecular flexibility index (Phi) is 5.99. The predicted molar refractivity (Wildman–Crippen MR) is 81.3 cm³/mol. The molecule has 0 amide bonds. The molecule has 0 aliphatic rings. The Balaban J connectivity index is 2.51. The van der Waals surface area contributed by atoms with Crippen LogP contribution in [0, 0.1) is 20.8 Å². The van der Waals surface area contributed by atoms with Gasteiger partial charge in [0.05, 0.1) is 6.61 Å². The van der Waals surface area contributed by atoms with Gasteiger partial charge in [0.2, 0.25) is 0 Å². The Morgan fingerprint density at radius 1 is 1.25 bits per heavy atom. The van der Waals surface area contributed by atoms with E-state index < -0.39 is 11.6 Å². The first-order valence-electron chi connectivity index (χ1n) is 7.00. The summed E-state index contributed by atoms with van der Waals surface area (Å²) in [4.78, 5) is 0. The second-order valence-corrected chi connectivity index (χ2v) is 6.09. The third-order valence-corrected chi connectivity index (χ3v) is 3.41. The molecule has 0 saturated heterocycles. The van der Waals surface area contributed by atoms with Gasteiger partial charge in [-0.15, -0.1) is 0 Å². The summed E-state index contributed by atoms with van der Waals surface area (Å²) in [5.74, 6) is 0.822. The van der Waals surface area contributed by atoms with Crippen molar-refractivity contribution in [3.05, 3.63) is 28.8 Å². The fraction of sp³-hybridized carbons (Fsp3) is 0.625.